The number of hydrogen-bond donors (Lipinski definition) is 2. The molecular weight excluding hydrogens is 299 g/mol. The van der Waals surface area contributed by atoms with Crippen LogP contribution in [0.1, 0.15) is 19.8 Å². The number of piperidine rings is 1. The minimum atomic E-state index is -4.28. The van der Waals surface area contributed by atoms with E-state index >= 15 is 0 Å². The molecule has 1 aromatic heterocycles. The summed E-state index contributed by atoms with van der Waals surface area (Å²) in [6.45, 7) is 2.38. The predicted octanol–water partition coefficient (Wildman–Crippen LogP) is 1.74. The molecule has 8 heteroatoms. The highest BCUT2D eigenvalue weighted by Gasteiger charge is 2.43. The first-order valence-electron chi connectivity index (χ1n) is 7.12. The lowest BCUT2D eigenvalue weighted by Crippen LogP contribution is -2.49. The molecule has 2 heterocycles. The Kier molecular flexibility index (Phi) is 4.90. The molecule has 0 aromatic carbocycles. The Morgan fingerprint density at radius 2 is 2.18 bits per heavy atom. The second-order valence-corrected chi connectivity index (χ2v) is 5.30. The van der Waals surface area contributed by atoms with Crippen LogP contribution in [0.25, 0.3) is 0 Å². The number of hydrogen-bond acceptors (Lipinski definition) is 3. The van der Waals surface area contributed by atoms with Crippen LogP contribution < -0.4 is 16.2 Å². The van der Waals surface area contributed by atoms with E-state index in [-0.39, 0.29) is 24.9 Å². The number of amides is 1. The third-order valence-corrected chi connectivity index (χ3v) is 3.77. The lowest BCUT2D eigenvalue weighted by Gasteiger charge is -2.30. The molecule has 2 unspecified atom stereocenters. The first-order valence-corrected chi connectivity index (χ1v) is 7.12. The van der Waals surface area contributed by atoms with Crippen LogP contribution in [0, 0.1) is 5.92 Å². The maximum Gasteiger partial charge on any atom is 0.391 e. The number of aromatic nitrogens is 1. The van der Waals surface area contributed by atoms with Crippen molar-refractivity contribution in [3.8, 4) is 0 Å². The number of aryl methyl sites for hydroxylation is 1. The van der Waals surface area contributed by atoms with Crippen molar-refractivity contribution in [2.75, 3.05) is 11.9 Å². The summed E-state index contributed by atoms with van der Waals surface area (Å²) >= 11 is 0. The molecule has 1 fully saturated rings. The number of nitrogens with one attached hydrogen (secondary N) is 2. The smallest absolute Gasteiger partial charge is 0.323 e. The molecule has 1 aliphatic heterocycles. The van der Waals surface area contributed by atoms with Gasteiger partial charge in [0.25, 0.3) is 5.56 Å². The van der Waals surface area contributed by atoms with Crippen molar-refractivity contribution >= 4 is 11.6 Å². The Labute approximate surface area is 125 Å². The van der Waals surface area contributed by atoms with E-state index in [9.17, 15) is 22.8 Å². The summed E-state index contributed by atoms with van der Waals surface area (Å²) in [6.07, 6.45) is -3.10. The molecule has 22 heavy (non-hydrogen) atoms. The summed E-state index contributed by atoms with van der Waals surface area (Å²) in [5.41, 5.74) is 0.191. The maximum absolute atomic E-state index is 12.8. The molecule has 0 spiro atoms. The second kappa shape index (κ2) is 6.51. The second-order valence-electron chi connectivity index (χ2n) is 5.30. The molecule has 2 atom stereocenters. The standard InChI is InChI=1S/C14H18F3N3O2/c1-2-20-8-10(3-4-12(20)21)19-13(22)11-7-9(5-6-18-11)14(15,16)17/h3-4,8-9,11,18H,2,5-7H2,1H3,(H,19,22). The van der Waals surface area contributed by atoms with Crippen LogP contribution in [0.4, 0.5) is 18.9 Å². The number of alkyl halides is 3. The topological polar surface area (TPSA) is 63.1 Å². The Bertz CT molecular complexity index is 598. The van der Waals surface area contributed by atoms with Gasteiger partial charge in [0, 0.05) is 18.8 Å². The van der Waals surface area contributed by atoms with Crippen LogP contribution in [-0.4, -0.2) is 29.2 Å². The van der Waals surface area contributed by atoms with Crippen molar-refractivity contribution in [2.45, 2.75) is 38.5 Å². The molecule has 2 N–H and O–H groups in total. The van der Waals surface area contributed by atoms with Crippen LogP contribution in [0.5, 0.6) is 0 Å². The molecule has 1 aromatic rings. The first-order chi connectivity index (χ1) is 10.3. The van der Waals surface area contributed by atoms with E-state index in [0.29, 0.717) is 12.2 Å². The van der Waals surface area contributed by atoms with E-state index in [2.05, 4.69) is 10.6 Å². The summed E-state index contributed by atoms with van der Waals surface area (Å²) < 4.78 is 39.7. The summed E-state index contributed by atoms with van der Waals surface area (Å²) in [4.78, 5) is 23.6. The molecule has 5 nitrogen and oxygen atoms in total. The highest BCUT2D eigenvalue weighted by atomic mass is 19.4. The Balaban J connectivity index is 2.04. The molecule has 0 aliphatic carbocycles. The van der Waals surface area contributed by atoms with E-state index in [1.54, 1.807) is 6.92 Å². The van der Waals surface area contributed by atoms with Gasteiger partial charge in [-0.25, -0.2) is 0 Å². The third-order valence-electron chi connectivity index (χ3n) is 3.77. The quantitative estimate of drug-likeness (QED) is 0.892. The average Bonchev–Trinajstić information content (AvgIpc) is 2.48. The normalized spacial score (nSPS) is 22.4. The van der Waals surface area contributed by atoms with E-state index < -0.39 is 24.0 Å². The van der Waals surface area contributed by atoms with Crippen LogP contribution in [0.15, 0.2) is 23.1 Å². The number of carbonyl (C=O) groups is 1. The number of anilines is 1. The van der Waals surface area contributed by atoms with Gasteiger partial charge < -0.3 is 15.2 Å². The molecule has 0 bridgehead atoms. The lowest BCUT2D eigenvalue weighted by atomic mass is 9.91. The summed E-state index contributed by atoms with van der Waals surface area (Å²) in [7, 11) is 0. The summed E-state index contributed by atoms with van der Waals surface area (Å²) in [5.74, 6) is -1.98. The van der Waals surface area contributed by atoms with E-state index in [1.165, 1.54) is 22.9 Å². The fourth-order valence-electron chi connectivity index (χ4n) is 2.50. The average molecular weight is 317 g/mol. The molecular formula is C14H18F3N3O2. The molecule has 1 saturated heterocycles. The molecule has 122 valence electrons. The van der Waals surface area contributed by atoms with Crippen molar-refractivity contribution in [3.63, 3.8) is 0 Å². The molecule has 1 amide bonds. The minimum Gasteiger partial charge on any atom is -0.323 e. The minimum absolute atomic E-state index is 0.0198. The van der Waals surface area contributed by atoms with Crippen molar-refractivity contribution in [1.82, 2.24) is 9.88 Å². The highest BCUT2D eigenvalue weighted by Crippen LogP contribution is 2.34. The number of nitrogens with zero attached hydrogens (tertiary/aromatic N) is 1. The van der Waals surface area contributed by atoms with E-state index in [0.717, 1.165) is 0 Å². The molecule has 0 radical (unpaired) electrons. The predicted molar refractivity (Wildman–Crippen MR) is 75.6 cm³/mol. The van der Waals surface area contributed by atoms with Crippen LogP contribution in [0.2, 0.25) is 0 Å². The molecule has 0 saturated carbocycles. The van der Waals surface area contributed by atoms with Gasteiger partial charge in [-0.15, -0.1) is 0 Å². The largest absolute Gasteiger partial charge is 0.391 e. The van der Waals surface area contributed by atoms with Gasteiger partial charge in [0.05, 0.1) is 17.6 Å². The van der Waals surface area contributed by atoms with Crippen LogP contribution >= 0.6 is 0 Å². The zero-order valence-corrected chi connectivity index (χ0v) is 12.1. The molecule has 2 rings (SSSR count). The van der Waals surface area contributed by atoms with Gasteiger partial charge in [-0.1, -0.05) is 0 Å². The van der Waals surface area contributed by atoms with Crippen molar-refractivity contribution < 1.29 is 18.0 Å². The summed E-state index contributed by atoms with van der Waals surface area (Å²) in [5, 5.41) is 5.36. The van der Waals surface area contributed by atoms with Gasteiger partial charge in [-0.05, 0) is 32.4 Å². The Morgan fingerprint density at radius 1 is 1.45 bits per heavy atom. The van der Waals surface area contributed by atoms with Gasteiger partial charge >= 0.3 is 6.18 Å². The fraction of sp³-hybridized carbons (Fsp3) is 0.571. The third kappa shape index (κ3) is 3.88. The van der Waals surface area contributed by atoms with Gasteiger partial charge in [-0.3, -0.25) is 9.59 Å². The van der Waals surface area contributed by atoms with Crippen LogP contribution in [0.3, 0.4) is 0 Å². The zero-order valence-electron chi connectivity index (χ0n) is 12.1. The number of rotatable bonds is 3. The Hall–Kier alpha value is -1.83. The number of halogens is 3. The SMILES string of the molecule is CCn1cc(NC(=O)C2CC(C(F)(F)F)CCN2)ccc1=O. The number of carbonyl (C=O) groups excluding carboxylic acids is 1. The van der Waals surface area contributed by atoms with Crippen molar-refractivity contribution in [3.05, 3.63) is 28.7 Å². The first kappa shape index (κ1) is 16.5. The maximum atomic E-state index is 12.8. The summed E-state index contributed by atoms with van der Waals surface area (Å²) in [6, 6.07) is 1.87. The fourth-order valence-corrected chi connectivity index (χ4v) is 2.50. The van der Waals surface area contributed by atoms with Gasteiger partial charge in [0.1, 0.15) is 0 Å². The van der Waals surface area contributed by atoms with Gasteiger partial charge in [-0.2, -0.15) is 13.2 Å². The van der Waals surface area contributed by atoms with E-state index in [4.69, 9.17) is 0 Å². The number of pyridine rings is 1. The zero-order chi connectivity index (χ0) is 16.3. The monoisotopic (exact) mass is 317 g/mol. The highest BCUT2D eigenvalue weighted by molar-refractivity contribution is 5.94. The van der Waals surface area contributed by atoms with Gasteiger partial charge in [0.15, 0.2) is 0 Å². The van der Waals surface area contributed by atoms with Crippen molar-refractivity contribution in [1.29, 1.82) is 0 Å². The van der Waals surface area contributed by atoms with Gasteiger partial charge in [0.2, 0.25) is 5.91 Å². The van der Waals surface area contributed by atoms with Crippen LogP contribution in [-0.2, 0) is 11.3 Å². The Morgan fingerprint density at radius 3 is 2.82 bits per heavy atom. The lowest BCUT2D eigenvalue weighted by molar-refractivity contribution is -0.183. The molecule has 1 aliphatic rings. The van der Waals surface area contributed by atoms with Crippen molar-refractivity contribution in [2.24, 2.45) is 5.92 Å². The van der Waals surface area contributed by atoms with E-state index in [1.807, 2.05) is 0 Å².